The summed E-state index contributed by atoms with van der Waals surface area (Å²) in [6.45, 7) is 3.35. The molecule has 1 aliphatic heterocycles. The van der Waals surface area contributed by atoms with Gasteiger partial charge in [-0.2, -0.15) is 0 Å². The third-order valence-corrected chi connectivity index (χ3v) is 3.31. The van der Waals surface area contributed by atoms with Crippen molar-refractivity contribution >= 4 is 21.6 Å². The van der Waals surface area contributed by atoms with Gasteiger partial charge in [-0.3, -0.25) is 0 Å². The number of anilines is 1. The largest absolute Gasteiger partial charge is 0.383 e. The van der Waals surface area contributed by atoms with Crippen LogP contribution in [0.3, 0.4) is 0 Å². The highest BCUT2D eigenvalue weighted by atomic mass is 79.9. The number of hydrogen-bond acceptors (Lipinski definition) is 1. The van der Waals surface area contributed by atoms with Crippen LogP contribution in [0.5, 0.6) is 0 Å². The lowest BCUT2D eigenvalue weighted by molar-refractivity contribution is 0.661. The van der Waals surface area contributed by atoms with E-state index in [-0.39, 0.29) is 0 Å². The van der Waals surface area contributed by atoms with E-state index in [0.29, 0.717) is 0 Å². The molecular weight excluding hydrogens is 226 g/mol. The summed E-state index contributed by atoms with van der Waals surface area (Å²) in [7, 11) is 0. The molecule has 1 atom stereocenters. The maximum atomic E-state index is 3.56. The second-order valence-electron chi connectivity index (χ2n) is 3.57. The lowest BCUT2D eigenvalue weighted by Gasteiger charge is -2.07. The van der Waals surface area contributed by atoms with Gasteiger partial charge >= 0.3 is 0 Å². The SMILES string of the molecule is CCCC1CNc2c(Br)cccc21. The second kappa shape index (κ2) is 3.70. The zero-order valence-corrected chi connectivity index (χ0v) is 9.39. The highest BCUT2D eigenvalue weighted by Gasteiger charge is 2.22. The molecule has 1 nitrogen and oxygen atoms in total. The maximum absolute atomic E-state index is 3.56. The minimum atomic E-state index is 0.720. The Kier molecular flexibility index (Phi) is 2.58. The fraction of sp³-hybridized carbons (Fsp3) is 0.455. The summed E-state index contributed by atoms with van der Waals surface area (Å²) in [4.78, 5) is 0. The number of rotatable bonds is 2. The van der Waals surface area contributed by atoms with Crippen molar-refractivity contribution in [3.63, 3.8) is 0 Å². The zero-order chi connectivity index (χ0) is 9.26. The van der Waals surface area contributed by atoms with Gasteiger partial charge in [0.1, 0.15) is 0 Å². The van der Waals surface area contributed by atoms with E-state index in [4.69, 9.17) is 0 Å². The number of fused-ring (bicyclic) bond motifs is 1. The second-order valence-corrected chi connectivity index (χ2v) is 4.42. The van der Waals surface area contributed by atoms with Gasteiger partial charge in [-0.25, -0.2) is 0 Å². The van der Waals surface area contributed by atoms with Crippen LogP contribution in [0.1, 0.15) is 31.2 Å². The fourth-order valence-corrected chi connectivity index (χ4v) is 2.53. The molecule has 2 rings (SSSR count). The van der Waals surface area contributed by atoms with Gasteiger partial charge in [-0.15, -0.1) is 0 Å². The Morgan fingerprint density at radius 3 is 3.15 bits per heavy atom. The van der Waals surface area contributed by atoms with Crippen molar-refractivity contribution in [2.45, 2.75) is 25.7 Å². The molecule has 0 aliphatic carbocycles. The number of halogens is 1. The Labute approximate surface area is 87.7 Å². The first-order chi connectivity index (χ1) is 6.33. The van der Waals surface area contributed by atoms with Crippen LogP contribution >= 0.6 is 15.9 Å². The van der Waals surface area contributed by atoms with E-state index in [1.807, 2.05) is 0 Å². The van der Waals surface area contributed by atoms with Crippen molar-refractivity contribution in [3.8, 4) is 0 Å². The monoisotopic (exact) mass is 239 g/mol. The van der Waals surface area contributed by atoms with Crippen molar-refractivity contribution in [1.29, 1.82) is 0 Å². The normalized spacial score (nSPS) is 19.7. The molecule has 0 saturated heterocycles. The molecule has 2 heteroatoms. The highest BCUT2D eigenvalue weighted by molar-refractivity contribution is 9.10. The van der Waals surface area contributed by atoms with Crippen LogP contribution < -0.4 is 5.32 Å². The standard InChI is InChI=1S/C11H14BrN/c1-2-4-8-7-13-11-9(8)5-3-6-10(11)12/h3,5-6,8,13H,2,4,7H2,1H3. The highest BCUT2D eigenvalue weighted by Crippen LogP contribution is 2.38. The predicted octanol–water partition coefficient (Wildman–Crippen LogP) is 3.76. The van der Waals surface area contributed by atoms with Crippen LogP contribution in [0.2, 0.25) is 0 Å². The average Bonchev–Trinajstić information content (AvgIpc) is 2.51. The predicted molar refractivity (Wildman–Crippen MR) is 60.3 cm³/mol. The Hall–Kier alpha value is -0.500. The summed E-state index contributed by atoms with van der Waals surface area (Å²) in [5.74, 6) is 0.720. The van der Waals surface area contributed by atoms with Crippen LogP contribution in [0.25, 0.3) is 0 Å². The molecule has 0 bridgehead atoms. The van der Waals surface area contributed by atoms with Gasteiger partial charge in [0.05, 0.1) is 5.69 Å². The number of nitrogens with one attached hydrogen (secondary N) is 1. The zero-order valence-electron chi connectivity index (χ0n) is 7.81. The van der Waals surface area contributed by atoms with E-state index < -0.39 is 0 Å². The molecule has 70 valence electrons. The molecule has 0 spiro atoms. The summed E-state index contributed by atoms with van der Waals surface area (Å²) in [6.07, 6.45) is 2.55. The van der Waals surface area contributed by atoms with Gasteiger partial charge in [0.25, 0.3) is 0 Å². The first-order valence-corrected chi connectivity index (χ1v) is 5.64. The molecule has 0 fully saturated rings. The first kappa shape index (κ1) is 9.07. The van der Waals surface area contributed by atoms with Crippen LogP contribution in [0.4, 0.5) is 5.69 Å². The molecule has 0 saturated carbocycles. The smallest absolute Gasteiger partial charge is 0.0520 e. The number of hydrogen-bond donors (Lipinski definition) is 1. The Morgan fingerprint density at radius 2 is 2.38 bits per heavy atom. The molecular formula is C11H14BrN. The van der Waals surface area contributed by atoms with Crippen LogP contribution in [-0.2, 0) is 0 Å². The first-order valence-electron chi connectivity index (χ1n) is 4.85. The van der Waals surface area contributed by atoms with E-state index in [1.54, 1.807) is 0 Å². The number of benzene rings is 1. The van der Waals surface area contributed by atoms with E-state index in [1.165, 1.54) is 28.6 Å². The summed E-state index contributed by atoms with van der Waals surface area (Å²) < 4.78 is 1.20. The van der Waals surface area contributed by atoms with E-state index in [2.05, 4.69) is 46.4 Å². The Morgan fingerprint density at radius 1 is 1.54 bits per heavy atom. The van der Waals surface area contributed by atoms with Crippen molar-refractivity contribution in [1.82, 2.24) is 0 Å². The third kappa shape index (κ3) is 1.60. The van der Waals surface area contributed by atoms with Gasteiger partial charge < -0.3 is 5.32 Å². The van der Waals surface area contributed by atoms with Gasteiger partial charge in [-0.05, 0) is 34.0 Å². The quantitative estimate of drug-likeness (QED) is 0.829. The summed E-state index contributed by atoms with van der Waals surface area (Å²) >= 11 is 3.56. The van der Waals surface area contributed by atoms with Crippen molar-refractivity contribution in [2.75, 3.05) is 11.9 Å². The van der Waals surface area contributed by atoms with Gasteiger partial charge in [0.2, 0.25) is 0 Å². The van der Waals surface area contributed by atoms with Crippen molar-refractivity contribution in [2.24, 2.45) is 0 Å². The summed E-state index contributed by atoms with van der Waals surface area (Å²) in [6, 6.07) is 6.46. The molecule has 1 N–H and O–H groups in total. The van der Waals surface area contributed by atoms with Crippen LogP contribution in [0.15, 0.2) is 22.7 Å². The molecule has 0 radical (unpaired) electrons. The summed E-state index contributed by atoms with van der Waals surface area (Å²) in [5.41, 5.74) is 2.79. The molecule has 0 amide bonds. The minimum absolute atomic E-state index is 0.720. The lowest BCUT2D eigenvalue weighted by Crippen LogP contribution is -2.00. The minimum Gasteiger partial charge on any atom is -0.383 e. The molecule has 1 aromatic carbocycles. The van der Waals surface area contributed by atoms with E-state index >= 15 is 0 Å². The van der Waals surface area contributed by atoms with E-state index in [9.17, 15) is 0 Å². The van der Waals surface area contributed by atoms with Crippen molar-refractivity contribution in [3.05, 3.63) is 28.2 Å². The lowest BCUT2D eigenvalue weighted by atomic mass is 9.97. The van der Waals surface area contributed by atoms with Crippen molar-refractivity contribution < 1.29 is 0 Å². The average molecular weight is 240 g/mol. The van der Waals surface area contributed by atoms with Gasteiger partial charge in [0.15, 0.2) is 0 Å². The Balaban J connectivity index is 2.32. The number of para-hydroxylation sites is 1. The Bertz CT molecular complexity index is 309. The molecule has 1 aliphatic rings. The van der Waals surface area contributed by atoms with Gasteiger partial charge in [0, 0.05) is 16.9 Å². The van der Waals surface area contributed by atoms with Crippen LogP contribution in [0, 0.1) is 0 Å². The molecule has 13 heavy (non-hydrogen) atoms. The van der Waals surface area contributed by atoms with E-state index in [0.717, 1.165) is 12.5 Å². The molecule has 1 aromatic rings. The topological polar surface area (TPSA) is 12.0 Å². The molecule has 1 heterocycles. The molecule has 0 aromatic heterocycles. The fourth-order valence-electron chi connectivity index (χ4n) is 2.01. The third-order valence-electron chi connectivity index (χ3n) is 2.65. The molecule has 1 unspecified atom stereocenters. The summed E-state index contributed by atoms with van der Waals surface area (Å²) in [5, 5.41) is 3.46. The van der Waals surface area contributed by atoms with Gasteiger partial charge in [-0.1, -0.05) is 25.5 Å². The maximum Gasteiger partial charge on any atom is 0.0520 e. The van der Waals surface area contributed by atoms with Crippen LogP contribution in [-0.4, -0.2) is 6.54 Å².